The van der Waals surface area contributed by atoms with E-state index in [1.807, 2.05) is 25.9 Å². The number of benzene rings is 1. The van der Waals surface area contributed by atoms with E-state index in [9.17, 15) is 14.9 Å². The molecular weight excluding hydrogens is 262 g/mol. The summed E-state index contributed by atoms with van der Waals surface area (Å²) in [5.74, 6) is -0.524. The van der Waals surface area contributed by atoms with Crippen molar-refractivity contribution >= 4 is 17.3 Å². The van der Waals surface area contributed by atoms with Crippen molar-refractivity contribution in [1.82, 2.24) is 4.90 Å². The van der Waals surface area contributed by atoms with Gasteiger partial charge in [0.15, 0.2) is 0 Å². The largest absolute Gasteiger partial charge is 0.465 e. The van der Waals surface area contributed by atoms with Crippen molar-refractivity contribution in [1.29, 1.82) is 0 Å². The van der Waals surface area contributed by atoms with E-state index in [0.717, 1.165) is 0 Å². The maximum Gasteiger partial charge on any atom is 0.337 e. The van der Waals surface area contributed by atoms with Crippen LogP contribution in [0.15, 0.2) is 18.2 Å². The molecule has 0 bridgehead atoms. The molecule has 0 aliphatic carbocycles. The Morgan fingerprint density at radius 1 is 1.50 bits per heavy atom. The third kappa shape index (κ3) is 3.92. The minimum atomic E-state index is -0.524. The zero-order valence-corrected chi connectivity index (χ0v) is 12.0. The maximum absolute atomic E-state index is 11.5. The second-order valence-corrected chi connectivity index (χ2v) is 4.67. The highest BCUT2D eigenvalue weighted by molar-refractivity contribution is 5.91. The second-order valence-electron chi connectivity index (χ2n) is 4.67. The second kappa shape index (κ2) is 6.85. The molecule has 0 fully saturated rings. The quantitative estimate of drug-likeness (QED) is 0.486. The highest BCUT2D eigenvalue weighted by Gasteiger charge is 2.17. The summed E-state index contributed by atoms with van der Waals surface area (Å²) in [6.07, 6.45) is 0. The average Bonchev–Trinajstić information content (AvgIpc) is 2.43. The number of esters is 1. The van der Waals surface area contributed by atoms with Crippen LogP contribution in [0.3, 0.4) is 0 Å². The number of nitrogens with one attached hydrogen (secondary N) is 1. The highest BCUT2D eigenvalue weighted by Crippen LogP contribution is 2.25. The van der Waals surface area contributed by atoms with Crippen LogP contribution >= 0.6 is 0 Å². The molecule has 1 atom stereocenters. The molecule has 0 spiro atoms. The van der Waals surface area contributed by atoms with Gasteiger partial charge in [-0.2, -0.15) is 0 Å². The number of carbonyl (C=O) groups is 1. The number of carbonyl (C=O) groups excluding carboxylic acids is 1. The summed E-state index contributed by atoms with van der Waals surface area (Å²) < 4.78 is 4.61. The first kappa shape index (κ1) is 15.9. The van der Waals surface area contributed by atoms with Crippen LogP contribution in [0.5, 0.6) is 0 Å². The van der Waals surface area contributed by atoms with E-state index < -0.39 is 10.9 Å². The van der Waals surface area contributed by atoms with Crippen LogP contribution in [0.1, 0.15) is 17.3 Å². The Hall–Kier alpha value is -2.15. The number of methoxy groups -OCH3 is 1. The topological polar surface area (TPSA) is 84.7 Å². The first-order valence-corrected chi connectivity index (χ1v) is 6.14. The molecule has 7 nitrogen and oxygen atoms in total. The summed E-state index contributed by atoms with van der Waals surface area (Å²) in [6.45, 7) is 2.52. The van der Waals surface area contributed by atoms with Crippen LogP contribution in [0.2, 0.25) is 0 Å². The Labute approximate surface area is 117 Å². The van der Waals surface area contributed by atoms with Crippen molar-refractivity contribution in [3.05, 3.63) is 33.9 Å². The van der Waals surface area contributed by atoms with Crippen LogP contribution < -0.4 is 5.32 Å². The lowest BCUT2D eigenvalue weighted by Crippen LogP contribution is -2.31. The van der Waals surface area contributed by atoms with E-state index in [4.69, 9.17) is 0 Å². The molecule has 20 heavy (non-hydrogen) atoms. The zero-order chi connectivity index (χ0) is 15.3. The van der Waals surface area contributed by atoms with Gasteiger partial charge in [0.25, 0.3) is 5.69 Å². The fraction of sp³-hybridized carbons (Fsp3) is 0.462. The van der Waals surface area contributed by atoms with Crippen LogP contribution in [0, 0.1) is 10.1 Å². The molecule has 0 aromatic heterocycles. The Bertz CT molecular complexity index is 502. The minimum Gasteiger partial charge on any atom is -0.465 e. The summed E-state index contributed by atoms with van der Waals surface area (Å²) >= 11 is 0. The van der Waals surface area contributed by atoms with Crippen LogP contribution in [-0.2, 0) is 4.74 Å². The first-order valence-electron chi connectivity index (χ1n) is 6.14. The Morgan fingerprint density at radius 2 is 2.15 bits per heavy atom. The average molecular weight is 281 g/mol. The number of hydrogen-bond donors (Lipinski definition) is 1. The number of hydrogen-bond acceptors (Lipinski definition) is 6. The lowest BCUT2D eigenvalue weighted by molar-refractivity contribution is -0.384. The Balaban J connectivity index is 3.00. The molecule has 7 heteroatoms. The Kier molecular flexibility index (Phi) is 5.45. The molecule has 1 aromatic rings. The van der Waals surface area contributed by atoms with Crippen LogP contribution in [0.4, 0.5) is 11.4 Å². The summed E-state index contributed by atoms with van der Waals surface area (Å²) in [4.78, 5) is 24.0. The molecule has 1 aromatic carbocycles. The molecule has 0 radical (unpaired) electrons. The smallest absolute Gasteiger partial charge is 0.337 e. The van der Waals surface area contributed by atoms with E-state index in [0.29, 0.717) is 12.2 Å². The molecule has 1 rings (SSSR count). The molecular formula is C13H19N3O4. The zero-order valence-electron chi connectivity index (χ0n) is 12.0. The van der Waals surface area contributed by atoms with Gasteiger partial charge in [-0.1, -0.05) is 0 Å². The number of ether oxygens (including phenoxy) is 1. The van der Waals surface area contributed by atoms with Gasteiger partial charge >= 0.3 is 5.97 Å². The van der Waals surface area contributed by atoms with Crippen molar-refractivity contribution < 1.29 is 14.5 Å². The van der Waals surface area contributed by atoms with Crippen molar-refractivity contribution in [2.75, 3.05) is 33.1 Å². The number of nitro benzene ring substituents is 1. The van der Waals surface area contributed by atoms with E-state index >= 15 is 0 Å². The number of rotatable bonds is 6. The SMILES string of the molecule is COC(=O)c1ccc([N+](=O)[O-])c(NCC(C)N(C)C)c1. The highest BCUT2D eigenvalue weighted by atomic mass is 16.6. The monoisotopic (exact) mass is 281 g/mol. The van der Waals surface area contributed by atoms with Gasteiger partial charge in [-0.15, -0.1) is 0 Å². The summed E-state index contributed by atoms with van der Waals surface area (Å²) in [5.41, 5.74) is 0.522. The fourth-order valence-corrected chi connectivity index (χ4v) is 1.52. The van der Waals surface area contributed by atoms with Gasteiger partial charge in [0.1, 0.15) is 5.69 Å². The number of nitro groups is 1. The number of nitrogens with zero attached hydrogens (tertiary/aromatic N) is 2. The van der Waals surface area contributed by atoms with Gasteiger partial charge in [0.05, 0.1) is 17.6 Å². The summed E-state index contributed by atoms with van der Waals surface area (Å²) in [7, 11) is 5.11. The van der Waals surface area contributed by atoms with Crippen molar-refractivity contribution in [2.24, 2.45) is 0 Å². The molecule has 110 valence electrons. The lowest BCUT2D eigenvalue weighted by atomic mass is 10.1. The molecule has 0 aliphatic rings. The van der Waals surface area contributed by atoms with Crippen molar-refractivity contribution in [2.45, 2.75) is 13.0 Å². The molecule has 1 unspecified atom stereocenters. The van der Waals surface area contributed by atoms with E-state index in [1.165, 1.54) is 25.3 Å². The Morgan fingerprint density at radius 3 is 2.65 bits per heavy atom. The molecule has 0 amide bonds. The van der Waals surface area contributed by atoms with Crippen molar-refractivity contribution in [3.63, 3.8) is 0 Å². The van der Waals surface area contributed by atoms with E-state index in [1.54, 1.807) is 0 Å². The third-order valence-corrected chi connectivity index (χ3v) is 3.08. The summed E-state index contributed by atoms with van der Waals surface area (Å²) in [6, 6.07) is 4.31. The van der Waals surface area contributed by atoms with Gasteiger partial charge in [-0.25, -0.2) is 4.79 Å². The van der Waals surface area contributed by atoms with E-state index in [-0.39, 0.29) is 17.3 Å². The van der Waals surface area contributed by atoms with Gasteiger partial charge in [0, 0.05) is 18.7 Å². The predicted octanol–water partition coefficient (Wildman–Crippen LogP) is 1.74. The molecule has 0 saturated carbocycles. The molecule has 0 heterocycles. The summed E-state index contributed by atoms with van der Waals surface area (Å²) in [5, 5.41) is 14.0. The number of likely N-dealkylation sites (N-methyl/N-ethyl adjacent to an activating group) is 1. The fourth-order valence-electron chi connectivity index (χ4n) is 1.52. The van der Waals surface area contributed by atoms with Crippen LogP contribution in [0.25, 0.3) is 0 Å². The van der Waals surface area contributed by atoms with Gasteiger partial charge < -0.3 is 15.0 Å². The van der Waals surface area contributed by atoms with Gasteiger partial charge in [-0.05, 0) is 33.2 Å². The third-order valence-electron chi connectivity index (χ3n) is 3.08. The maximum atomic E-state index is 11.5. The van der Waals surface area contributed by atoms with Crippen molar-refractivity contribution in [3.8, 4) is 0 Å². The molecule has 0 saturated heterocycles. The van der Waals surface area contributed by atoms with Crippen LogP contribution in [-0.4, -0.2) is 49.6 Å². The number of anilines is 1. The minimum absolute atomic E-state index is 0.0661. The lowest BCUT2D eigenvalue weighted by Gasteiger charge is -2.20. The standard InChI is InChI=1S/C13H19N3O4/c1-9(15(2)3)8-14-11-7-10(13(17)20-4)5-6-12(11)16(18)19/h5-7,9,14H,8H2,1-4H3. The first-order chi connectivity index (χ1) is 9.36. The van der Waals surface area contributed by atoms with E-state index in [2.05, 4.69) is 10.1 Å². The van der Waals surface area contributed by atoms with Gasteiger partial charge in [-0.3, -0.25) is 10.1 Å². The van der Waals surface area contributed by atoms with Gasteiger partial charge in [0.2, 0.25) is 0 Å². The normalized spacial score (nSPS) is 12.1. The molecule has 1 N–H and O–H groups in total. The predicted molar refractivity (Wildman–Crippen MR) is 76.1 cm³/mol. The molecule has 0 aliphatic heterocycles.